The average Bonchev–Trinajstić information content (AvgIpc) is 2.43. The number of halogens is 1. The Morgan fingerprint density at radius 3 is 2.32 bits per heavy atom. The van der Waals surface area contributed by atoms with Gasteiger partial charge in [-0.1, -0.05) is 37.6 Å². The molecule has 0 radical (unpaired) electrons. The molecule has 0 saturated carbocycles. The van der Waals surface area contributed by atoms with Gasteiger partial charge in [-0.3, -0.25) is 10.1 Å². The highest BCUT2D eigenvalue weighted by Gasteiger charge is 2.26. The molecule has 1 rings (SSSR count). The molecular weight excluding hydrogens is 308 g/mol. The van der Waals surface area contributed by atoms with Gasteiger partial charge in [-0.15, -0.1) is 0 Å². The zero-order valence-corrected chi connectivity index (χ0v) is 13.0. The van der Waals surface area contributed by atoms with Crippen LogP contribution in [0.2, 0.25) is 5.02 Å². The van der Waals surface area contributed by atoms with Gasteiger partial charge in [-0.05, 0) is 29.7 Å². The van der Waals surface area contributed by atoms with E-state index in [0.29, 0.717) is 5.02 Å². The number of hydrogen-bond donors (Lipinski definition) is 2. The molecule has 0 aliphatic heterocycles. The Hall–Kier alpha value is -2.34. The fraction of sp³-hybridized carbons (Fsp3) is 0.267. The van der Waals surface area contributed by atoms with Gasteiger partial charge in [0.1, 0.15) is 0 Å². The molecule has 6 nitrogen and oxygen atoms in total. The molecule has 22 heavy (non-hydrogen) atoms. The molecule has 1 atom stereocenters. The van der Waals surface area contributed by atoms with Crippen LogP contribution in [-0.4, -0.2) is 24.0 Å². The number of rotatable bonds is 5. The van der Waals surface area contributed by atoms with Crippen LogP contribution in [0.3, 0.4) is 0 Å². The van der Waals surface area contributed by atoms with Gasteiger partial charge in [-0.25, -0.2) is 9.59 Å². The van der Waals surface area contributed by atoms with Crippen LogP contribution >= 0.6 is 11.6 Å². The quantitative estimate of drug-likeness (QED) is 0.640. The van der Waals surface area contributed by atoms with Crippen molar-refractivity contribution in [2.75, 3.05) is 0 Å². The minimum Gasteiger partial charge on any atom is -0.449 e. The molecule has 118 valence electrons. The molecule has 0 spiro atoms. The second-order valence-corrected chi connectivity index (χ2v) is 5.28. The van der Waals surface area contributed by atoms with E-state index in [1.54, 1.807) is 38.1 Å². The Balaban J connectivity index is 2.69. The first kappa shape index (κ1) is 17.7. The number of esters is 1. The van der Waals surface area contributed by atoms with Gasteiger partial charge in [-0.2, -0.15) is 0 Å². The zero-order valence-electron chi connectivity index (χ0n) is 12.2. The van der Waals surface area contributed by atoms with E-state index in [1.807, 2.05) is 5.32 Å². The van der Waals surface area contributed by atoms with Gasteiger partial charge in [0, 0.05) is 11.1 Å². The van der Waals surface area contributed by atoms with Gasteiger partial charge in [0.25, 0.3) is 5.91 Å². The van der Waals surface area contributed by atoms with Gasteiger partial charge in [0.15, 0.2) is 6.10 Å². The largest absolute Gasteiger partial charge is 0.449 e. The lowest BCUT2D eigenvalue weighted by molar-refractivity contribution is -0.153. The minimum atomic E-state index is -1.10. The number of carbonyl (C=O) groups excluding carboxylic acids is 3. The number of urea groups is 1. The predicted molar refractivity (Wildman–Crippen MR) is 82.9 cm³/mol. The van der Waals surface area contributed by atoms with Crippen molar-refractivity contribution < 1.29 is 19.1 Å². The summed E-state index contributed by atoms with van der Waals surface area (Å²) < 4.78 is 5.05. The highest BCUT2D eigenvalue weighted by Crippen LogP contribution is 2.12. The summed E-state index contributed by atoms with van der Waals surface area (Å²) in [6.07, 6.45) is 1.62. The molecule has 0 fully saturated rings. The lowest BCUT2D eigenvalue weighted by Gasteiger charge is -2.18. The van der Waals surface area contributed by atoms with Crippen molar-refractivity contribution >= 4 is 35.6 Å². The van der Waals surface area contributed by atoms with Crippen molar-refractivity contribution in [3.8, 4) is 0 Å². The molecule has 0 aliphatic rings. The summed E-state index contributed by atoms with van der Waals surface area (Å²) in [5, 5.41) is 2.48. The van der Waals surface area contributed by atoms with Crippen LogP contribution in [0, 0.1) is 5.92 Å². The molecular formula is C15H17ClN2O4. The van der Waals surface area contributed by atoms with E-state index < -0.39 is 24.0 Å². The Kier molecular flexibility index (Phi) is 6.59. The summed E-state index contributed by atoms with van der Waals surface area (Å²) in [6.45, 7) is 3.36. The molecule has 0 heterocycles. The van der Waals surface area contributed by atoms with Crippen LogP contribution in [0.4, 0.5) is 4.79 Å². The van der Waals surface area contributed by atoms with Gasteiger partial charge in [0.05, 0.1) is 0 Å². The van der Waals surface area contributed by atoms with Gasteiger partial charge >= 0.3 is 12.0 Å². The molecule has 0 saturated heterocycles. The lowest BCUT2D eigenvalue weighted by atomic mass is 10.1. The third kappa shape index (κ3) is 5.97. The third-order valence-corrected chi connectivity index (χ3v) is 2.89. The number of benzene rings is 1. The number of primary amides is 1. The SMILES string of the molecule is CC(C)[C@@H](OC(=O)/C=C/c1ccc(Cl)cc1)C(=O)NC(N)=O. The average molecular weight is 325 g/mol. The molecule has 0 unspecified atom stereocenters. The van der Waals surface area contributed by atoms with Crippen molar-refractivity contribution in [1.82, 2.24) is 5.32 Å². The second kappa shape index (κ2) is 8.19. The summed E-state index contributed by atoms with van der Waals surface area (Å²) >= 11 is 5.76. The summed E-state index contributed by atoms with van der Waals surface area (Å²) in [4.78, 5) is 34.2. The Morgan fingerprint density at radius 1 is 1.23 bits per heavy atom. The smallest absolute Gasteiger partial charge is 0.331 e. The number of imide groups is 1. The predicted octanol–water partition coefficient (Wildman–Crippen LogP) is 2.12. The standard InChI is InChI=1S/C15H17ClN2O4/c1-9(2)13(14(20)18-15(17)21)22-12(19)8-5-10-3-6-11(16)7-4-10/h3-9,13H,1-2H3,(H3,17,18,20,21)/b8-5+/t13-/m1/s1. The molecule has 0 aromatic heterocycles. The van der Waals surface area contributed by atoms with E-state index in [4.69, 9.17) is 22.1 Å². The van der Waals surface area contributed by atoms with Crippen molar-refractivity contribution in [3.05, 3.63) is 40.9 Å². The van der Waals surface area contributed by atoms with Crippen molar-refractivity contribution in [3.63, 3.8) is 0 Å². The first-order chi connectivity index (χ1) is 10.3. The normalized spacial score (nSPS) is 12.2. The minimum absolute atomic E-state index is 0.313. The number of nitrogens with two attached hydrogens (primary N) is 1. The van der Waals surface area contributed by atoms with Crippen LogP contribution in [0.25, 0.3) is 6.08 Å². The monoisotopic (exact) mass is 324 g/mol. The first-order valence-electron chi connectivity index (χ1n) is 6.54. The zero-order chi connectivity index (χ0) is 16.7. The van der Waals surface area contributed by atoms with E-state index in [2.05, 4.69) is 0 Å². The summed E-state index contributed by atoms with van der Waals surface area (Å²) in [5.74, 6) is -1.77. The van der Waals surface area contributed by atoms with E-state index in [-0.39, 0.29) is 5.92 Å². The molecule has 3 N–H and O–H groups in total. The van der Waals surface area contributed by atoms with E-state index in [9.17, 15) is 14.4 Å². The Bertz CT molecular complexity index is 582. The molecule has 0 aliphatic carbocycles. The van der Waals surface area contributed by atoms with E-state index in [1.165, 1.54) is 12.2 Å². The van der Waals surface area contributed by atoms with Gasteiger partial charge < -0.3 is 10.5 Å². The van der Waals surface area contributed by atoms with Crippen LogP contribution in [0.1, 0.15) is 19.4 Å². The fourth-order valence-corrected chi connectivity index (χ4v) is 1.71. The molecule has 0 bridgehead atoms. The summed E-state index contributed by atoms with van der Waals surface area (Å²) in [5.41, 5.74) is 5.63. The van der Waals surface area contributed by atoms with Crippen LogP contribution in [-0.2, 0) is 14.3 Å². The highest BCUT2D eigenvalue weighted by atomic mass is 35.5. The molecule has 3 amide bonds. The highest BCUT2D eigenvalue weighted by molar-refractivity contribution is 6.30. The van der Waals surface area contributed by atoms with Crippen LogP contribution in [0.15, 0.2) is 30.3 Å². The number of amides is 3. The molecule has 1 aromatic rings. The van der Waals surface area contributed by atoms with E-state index >= 15 is 0 Å². The maximum absolute atomic E-state index is 11.8. The summed E-state index contributed by atoms with van der Waals surface area (Å²) in [6, 6.07) is 5.83. The Morgan fingerprint density at radius 2 is 1.82 bits per heavy atom. The fourth-order valence-electron chi connectivity index (χ4n) is 1.59. The first-order valence-corrected chi connectivity index (χ1v) is 6.92. The van der Waals surface area contributed by atoms with Crippen LogP contribution < -0.4 is 11.1 Å². The maximum atomic E-state index is 11.8. The molecule has 7 heteroatoms. The lowest BCUT2D eigenvalue weighted by Crippen LogP contribution is -2.45. The second-order valence-electron chi connectivity index (χ2n) is 4.84. The van der Waals surface area contributed by atoms with Crippen molar-refractivity contribution in [2.24, 2.45) is 11.7 Å². The molecule has 1 aromatic carbocycles. The van der Waals surface area contributed by atoms with Gasteiger partial charge in [0.2, 0.25) is 0 Å². The van der Waals surface area contributed by atoms with Crippen molar-refractivity contribution in [1.29, 1.82) is 0 Å². The maximum Gasteiger partial charge on any atom is 0.331 e. The van der Waals surface area contributed by atoms with Crippen LogP contribution in [0.5, 0.6) is 0 Å². The number of ether oxygens (including phenoxy) is 1. The number of hydrogen-bond acceptors (Lipinski definition) is 4. The Labute approximate surface area is 133 Å². The summed E-state index contributed by atoms with van der Waals surface area (Å²) in [7, 11) is 0. The van der Waals surface area contributed by atoms with E-state index in [0.717, 1.165) is 5.56 Å². The topological polar surface area (TPSA) is 98.5 Å². The third-order valence-electron chi connectivity index (χ3n) is 2.64. The number of nitrogens with one attached hydrogen (secondary N) is 1. The van der Waals surface area contributed by atoms with Crippen molar-refractivity contribution in [2.45, 2.75) is 20.0 Å². The number of carbonyl (C=O) groups is 3.